The largest absolute Gasteiger partial charge is 0.344 e. The molecule has 0 aromatic carbocycles. The fourth-order valence-electron chi connectivity index (χ4n) is 1.82. The van der Waals surface area contributed by atoms with Crippen LogP contribution in [0, 0.1) is 5.92 Å². The highest BCUT2D eigenvalue weighted by molar-refractivity contribution is 4.71. The predicted octanol–water partition coefficient (Wildman–Crippen LogP) is 3.14. The van der Waals surface area contributed by atoms with Crippen LogP contribution in [0.25, 0.3) is 0 Å². The molecule has 19 heavy (non-hydrogen) atoms. The van der Waals surface area contributed by atoms with E-state index < -0.39 is 24.7 Å². The molecule has 0 amide bonds. The molecule has 1 nitrogen and oxygen atoms in total. The van der Waals surface area contributed by atoms with Gasteiger partial charge in [-0.2, -0.15) is 0 Å². The Morgan fingerprint density at radius 1 is 0.789 bits per heavy atom. The van der Waals surface area contributed by atoms with E-state index in [-0.39, 0.29) is 19.4 Å². The van der Waals surface area contributed by atoms with Crippen molar-refractivity contribution >= 4 is 0 Å². The monoisotopic (exact) mass is 286 g/mol. The smallest absolute Gasteiger partial charge is 0.179 e. The average molecular weight is 286 g/mol. The van der Waals surface area contributed by atoms with E-state index in [1.165, 1.54) is 0 Å². The molecule has 4 atom stereocenters. The minimum absolute atomic E-state index is 0.0569. The highest BCUT2D eigenvalue weighted by Gasteiger charge is 2.24. The Bertz CT molecular complexity index is 212. The first-order valence-electron chi connectivity index (χ1n) is 7.22. The van der Waals surface area contributed by atoms with Crippen molar-refractivity contribution in [2.24, 2.45) is 5.92 Å². The van der Waals surface area contributed by atoms with Gasteiger partial charge in [0.25, 0.3) is 0 Å². The van der Waals surface area contributed by atoms with Crippen LogP contribution in [0.5, 0.6) is 0 Å². The number of alkyl halides is 4. The molecule has 116 valence electrons. The molecule has 0 heterocycles. The van der Waals surface area contributed by atoms with Gasteiger partial charge in [0, 0.05) is 0 Å². The van der Waals surface area contributed by atoms with E-state index in [1.807, 2.05) is 0 Å². The summed E-state index contributed by atoms with van der Waals surface area (Å²) in [6.45, 7) is 6.16. The summed E-state index contributed by atoms with van der Waals surface area (Å²) < 4.78 is 52.2. The van der Waals surface area contributed by atoms with Crippen LogP contribution in [-0.4, -0.2) is 37.8 Å². The molecule has 0 aliphatic carbocycles. The second-order valence-electron chi connectivity index (χ2n) is 5.65. The van der Waals surface area contributed by atoms with E-state index in [0.717, 1.165) is 26.3 Å². The molecule has 0 aromatic heterocycles. The lowest BCUT2D eigenvalue weighted by Crippen LogP contribution is -2.86. The van der Waals surface area contributed by atoms with Crippen LogP contribution in [0.15, 0.2) is 0 Å². The number of hydrogen-bond acceptors (Lipinski definition) is 0. The van der Waals surface area contributed by atoms with Crippen molar-refractivity contribution in [3.05, 3.63) is 0 Å². The maximum absolute atomic E-state index is 13.4. The Labute approximate surface area is 114 Å². The minimum atomic E-state index is -1.70. The van der Waals surface area contributed by atoms with E-state index >= 15 is 0 Å². The van der Waals surface area contributed by atoms with Gasteiger partial charge in [-0.3, -0.25) is 0 Å². The van der Waals surface area contributed by atoms with Crippen molar-refractivity contribution in [2.45, 2.75) is 71.1 Å². The summed E-state index contributed by atoms with van der Waals surface area (Å²) >= 11 is 0. The second kappa shape index (κ2) is 10.5. The van der Waals surface area contributed by atoms with Crippen LogP contribution in [0.3, 0.4) is 0 Å². The summed E-state index contributed by atoms with van der Waals surface area (Å²) in [5.41, 5.74) is 0. The van der Waals surface area contributed by atoms with E-state index in [2.05, 4.69) is 13.8 Å². The lowest BCUT2D eigenvalue weighted by atomic mass is 10.1. The third-order valence-corrected chi connectivity index (χ3v) is 3.19. The Morgan fingerprint density at radius 2 is 1.37 bits per heavy atom. The van der Waals surface area contributed by atoms with Gasteiger partial charge >= 0.3 is 0 Å². The summed E-state index contributed by atoms with van der Waals surface area (Å²) in [6.07, 6.45) is -5.06. The number of hydrogen-bond donors (Lipinski definition) is 1. The van der Waals surface area contributed by atoms with Crippen LogP contribution in [-0.2, 0) is 0 Å². The summed E-state index contributed by atoms with van der Waals surface area (Å²) in [6, 6.07) is 0. The zero-order valence-corrected chi connectivity index (χ0v) is 12.2. The van der Waals surface area contributed by atoms with Crippen LogP contribution < -0.4 is 5.32 Å². The van der Waals surface area contributed by atoms with E-state index in [0.29, 0.717) is 5.92 Å². The van der Waals surface area contributed by atoms with E-state index in [9.17, 15) is 17.6 Å². The van der Waals surface area contributed by atoms with Gasteiger partial charge in [-0.25, -0.2) is 17.6 Å². The Balaban J connectivity index is 3.61. The molecule has 5 heteroatoms. The third-order valence-electron chi connectivity index (χ3n) is 3.19. The summed E-state index contributed by atoms with van der Waals surface area (Å²) in [7, 11) is 0. The molecule has 0 aliphatic heterocycles. The predicted molar refractivity (Wildman–Crippen MR) is 70.2 cm³/mol. The summed E-state index contributed by atoms with van der Waals surface area (Å²) in [5, 5.41) is 1.75. The van der Waals surface area contributed by atoms with E-state index in [1.54, 1.807) is 5.32 Å². The highest BCUT2D eigenvalue weighted by atomic mass is 19.2. The third kappa shape index (κ3) is 10.2. The fourth-order valence-corrected chi connectivity index (χ4v) is 1.82. The summed E-state index contributed by atoms with van der Waals surface area (Å²) in [4.78, 5) is 0. The SMILES string of the molecule is CC(C)CCC[NH2+]CC(F)C(F)CCC(F)C(C)F. The molecule has 2 N–H and O–H groups in total. The topological polar surface area (TPSA) is 16.6 Å². The zero-order valence-electron chi connectivity index (χ0n) is 12.2. The summed E-state index contributed by atoms with van der Waals surface area (Å²) in [5.74, 6) is 0.618. The lowest BCUT2D eigenvalue weighted by molar-refractivity contribution is -0.660. The average Bonchev–Trinajstić information content (AvgIpc) is 2.34. The minimum Gasteiger partial charge on any atom is -0.344 e. The van der Waals surface area contributed by atoms with Gasteiger partial charge < -0.3 is 5.32 Å². The molecule has 4 unspecified atom stereocenters. The quantitative estimate of drug-likeness (QED) is 0.444. The van der Waals surface area contributed by atoms with Crippen molar-refractivity contribution in [1.29, 1.82) is 0 Å². The fraction of sp³-hybridized carbons (Fsp3) is 1.00. The van der Waals surface area contributed by atoms with Crippen LogP contribution in [0.1, 0.15) is 46.5 Å². The molecule has 0 aromatic rings. The van der Waals surface area contributed by atoms with Gasteiger partial charge in [0.05, 0.1) is 6.54 Å². The molecule has 0 bridgehead atoms. The first-order chi connectivity index (χ1) is 8.84. The van der Waals surface area contributed by atoms with Crippen molar-refractivity contribution < 1.29 is 22.9 Å². The van der Waals surface area contributed by atoms with Crippen molar-refractivity contribution in [2.75, 3.05) is 13.1 Å². The van der Waals surface area contributed by atoms with E-state index in [4.69, 9.17) is 0 Å². The molecule has 0 saturated heterocycles. The maximum atomic E-state index is 13.4. The normalized spacial score (nSPS) is 18.3. The Kier molecular flexibility index (Phi) is 10.3. The van der Waals surface area contributed by atoms with Gasteiger partial charge in [-0.05, 0) is 38.5 Å². The number of rotatable bonds is 11. The molecule has 0 radical (unpaired) electrons. The molecule has 0 spiro atoms. The molecule has 0 fully saturated rings. The Hall–Kier alpha value is -0.320. The molecular weight excluding hydrogens is 258 g/mol. The molecule has 0 saturated carbocycles. The van der Waals surface area contributed by atoms with Gasteiger partial charge in [0.2, 0.25) is 0 Å². The van der Waals surface area contributed by atoms with Crippen LogP contribution >= 0.6 is 0 Å². The van der Waals surface area contributed by atoms with Crippen molar-refractivity contribution in [3.63, 3.8) is 0 Å². The highest BCUT2D eigenvalue weighted by Crippen LogP contribution is 2.16. The number of nitrogens with two attached hydrogens (primary N) is 1. The first kappa shape index (κ1) is 18.7. The second-order valence-corrected chi connectivity index (χ2v) is 5.65. The van der Waals surface area contributed by atoms with Gasteiger partial charge in [0.1, 0.15) is 25.1 Å². The number of halogens is 4. The zero-order chi connectivity index (χ0) is 14.8. The standard InChI is InChI=1S/C14H27F4N/c1-10(2)5-4-8-19-9-14(18)13(17)7-6-12(16)11(3)15/h10-14,19H,4-9H2,1-3H3/p+1. The van der Waals surface area contributed by atoms with Crippen molar-refractivity contribution in [3.8, 4) is 0 Å². The van der Waals surface area contributed by atoms with Gasteiger partial charge in [-0.15, -0.1) is 0 Å². The molecule has 0 aliphatic rings. The van der Waals surface area contributed by atoms with Crippen LogP contribution in [0.4, 0.5) is 17.6 Å². The maximum Gasteiger partial charge on any atom is 0.179 e. The van der Waals surface area contributed by atoms with Gasteiger partial charge in [-0.1, -0.05) is 13.8 Å². The molecular formula is C14H28F4N+. The van der Waals surface area contributed by atoms with Crippen LogP contribution in [0.2, 0.25) is 0 Å². The lowest BCUT2D eigenvalue weighted by Gasteiger charge is -2.14. The Morgan fingerprint density at radius 3 is 1.89 bits per heavy atom. The van der Waals surface area contributed by atoms with Crippen molar-refractivity contribution in [1.82, 2.24) is 0 Å². The number of quaternary nitrogens is 1. The van der Waals surface area contributed by atoms with Gasteiger partial charge in [0.15, 0.2) is 6.17 Å². The molecule has 0 rings (SSSR count). The first-order valence-corrected chi connectivity index (χ1v) is 7.22.